The number of aliphatic hydroxyl groups excluding tert-OH is 1. The van der Waals surface area contributed by atoms with E-state index in [-0.39, 0.29) is 12.8 Å². The summed E-state index contributed by atoms with van der Waals surface area (Å²) in [5, 5.41) is 21.4. The van der Waals surface area contributed by atoms with Crippen molar-refractivity contribution < 1.29 is 47.8 Å². The Labute approximate surface area is 271 Å². The number of allylic oxidation sites excluding steroid dienone is 2. The van der Waals surface area contributed by atoms with Gasteiger partial charge in [-0.3, -0.25) is 18.6 Å². The van der Waals surface area contributed by atoms with Crippen LogP contribution in [0.1, 0.15) is 149 Å². The molecule has 0 heterocycles. The molecule has 0 aliphatic carbocycles. The van der Waals surface area contributed by atoms with E-state index >= 15 is 0 Å². The summed E-state index contributed by atoms with van der Waals surface area (Å²) in [5.41, 5.74) is 0. The van der Waals surface area contributed by atoms with Gasteiger partial charge in [0, 0.05) is 12.8 Å². The monoisotopic (exact) mass is 663 g/mol. The lowest BCUT2D eigenvalue weighted by Gasteiger charge is -2.18. The Morgan fingerprint density at radius 3 is 1.71 bits per heavy atom. The molecule has 1 amide bonds. The first-order valence-electron chi connectivity index (χ1n) is 17.2. The summed E-state index contributed by atoms with van der Waals surface area (Å²) >= 11 is 0. The first-order chi connectivity index (χ1) is 21.6. The third-order valence-corrected chi connectivity index (χ3v) is 8.26. The molecule has 0 aromatic heterocycles. The fraction of sp³-hybridized carbons (Fsp3) is 0.848. The summed E-state index contributed by atoms with van der Waals surface area (Å²) in [5.74, 6) is -2.41. The Hall–Kier alpha value is -1.78. The number of nitrogens with one attached hydrogen (secondary N) is 1. The molecule has 3 unspecified atom stereocenters. The van der Waals surface area contributed by atoms with E-state index in [0.717, 1.165) is 25.7 Å². The van der Waals surface area contributed by atoms with E-state index in [1.807, 2.05) is 6.92 Å². The molecule has 0 aliphatic rings. The zero-order valence-electron chi connectivity index (χ0n) is 27.9. The van der Waals surface area contributed by atoms with E-state index < -0.39 is 57.6 Å². The van der Waals surface area contributed by atoms with Gasteiger partial charge in [-0.15, -0.1) is 0 Å². The van der Waals surface area contributed by atoms with E-state index in [1.165, 1.54) is 83.5 Å². The van der Waals surface area contributed by atoms with E-state index in [2.05, 4.69) is 28.9 Å². The summed E-state index contributed by atoms with van der Waals surface area (Å²) in [6.45, 7) is 2.27. The number of carboxylic acid groups (broad SMARTS) is 1. The van der Waals surface area contributed by atoms with Crippen LogP contribution >= 0.6 is 7.82 Å². The molecular weight excluding hydrogens is 601 g/mol. The summed E-state index contributed by atoms with van der Waals surface area (Å²) in [7, 11) is -4.72. The second-order valence-electron chi connectivity index (χ2n) is 11.7. The second kappa shape index (κ2) is 29.6. The predicted molar refractivity (Wildman–Crippen MR) is 176 cm³/mol. The van der Waals surface area contributed by atoms with Crippen LogP contribution in [0.3, 0.4) is 0 Å². The van der Waals surface area contributed by atoms with Gasteiger partial charge in [0.25, 0.3) is 0 Å². The summed E-state index contributed by atoms with van der Waals surface area (Å²) in [4.78, 5) is 44.9. The number of hydrogen-bond acceptors (Lipinski definition) is 8. The van der Waals surface area contributed by atoms with Crippen LogP contribution in [0, 0.1) is 0 Å². The van der Waals surface area contributed by atoms with Gasteiger partial charge in [-0.1, -0.05) is 109 Å². The third-order valence-electron chi connectivity index (χ3n) is 7.30. The molecular formula is C33H62NO10P. The molecule has 0 saturated carbocycles. The molecule has 0 fully saturated rings. The number of ether oxygens (including phenoxy) is 1. The largest absolute Gasteiger partial charge is 0.480 e. The van der Waals surface area contributed by atoms with Crippen molar-refractivity contribution in [2.45, 2.75) is 161 Å². The zero-order chi connectivity index (χ0) is 33.6. The lowest BCUT2D eigenvalue weighted by Crippen LogP contribution is -2.43. The van der Waals surface area contributed by atoms with Gasteiger partial charge in [-0.25, -0.2) is 9.36 Å². The van der Waals surface area contributed by atoms with Crippen molar-refractivity contribution in [2.75, 3.05) is 19.8 Å². The number of phosphoric acid groups is 1. The lowest BCUT2D eigenvalue weighted by atomic mass is 10.1. The van der Waals surface area contributed by atoms with Gasteiger partial charge in [-0.2, -0.15) is 0 Å². The lowest BCUT2D eigenvalue weighted by molar-refractivity contribution is -0.147. The van der Waals surface area contributed by atoms with Crippen molar-refractivity contribution in [3.05, 3.63) is 12.2 Å². The average Bonchev–Trinajstić information content (AvgIpc) is 3.01. The van der Waals surface area contributed by atoms with Crippen molar-refractivity contribution in [1.29, 1.82) is 0 Å². The molecule has 0 aliphatic heterocycles. The van der Waals surface area contributed by atoms with Crippen LogP contribution in [0.4, 0.5) is 0 Å². The molecule has 12 heteroatoms. The number of phosphoric ester groups is 1. The van der Waals surface area contributed by atoms with E-state index in [1.54, 1.807) is 0 Å². The normalized spacial score (nSPS) is 14.2. The number of aliphatic hydroxyl groups is 1. The quantitative estimate of drug-likeness (QED) is 0.0247. The topological polar surface area (TPSA) is 169 Å². The van der Waals surface area contributed by atoms with Crippen LogP contribution in [0.25, 0.3) is 0 Å². The van der Waals surface area contributed by atoms with Crippen molar-refractivity contribution in [1.82, 2.24) is 5.32 Å². The molecule has 4 N–H and O–H groups in total. The molecule has 0 spiro atoms. The zero-order valence-corrected chi connectivity index (χ0v) is 28.8. The maximum Gasteiger partial charge on any atom is 0.472 e. The van der Waals surface area contributed by atoms with Crippen molar-refractivity contribution in [3.8, 4) is 0 Å². The van der Waals surface area contributed by atoms with Gasteiger partial charge in [0.1, 0.15) is 12.7 Å². The fourth-order valence-electron chi connectivity index (χ4n) is 4.52. The standard InChI is InChI=1S/C33H62NO10P/c1-3-5-7-8-9-10-11-12-13-14-15-16-17-18-19-20-21-22-23-24-31(36)34-30(33(38)39)28-44-45(40,41)43-27-29(35)26-42-32(37)25-6-4-2/h12-13,29-30,35H,3-11,14-28H2,1-2H3,(H,34,36)(H,38,39)(H,40,41)/b13-12+. The van der Waals surface area contributed by atoms with Crippen LogP contribution in [0.15, 0.2) is 12.2 Å². The summed E-state index contributed by atoms with van der Waals surface area (Å²) < 4.78 is 26.2. The van der Waals surface area contributed by atoms with E-state index in [0.29, 0.717) is 12.8 Å². The molecule has 0 aromatic rings. The number of unbranched alkanes of at least 4 members (excludes halogenated alkanes) is 16. The number of carboxylic acids is 1. The maximum absolute atomic E-state index is 12.2. The molecule has 0 radical (unpaired) electrons. The fourth-order valence-corrected chi connectivity index (χ4v) is 5.29. The van der Waals surface area contributed by atoms with Crippen molar-refractivity contribution >= 4 is 25.7 Å². The molecule has 0 saturated heterocycles. The third kappa shape index (κ3) is 29.4. The Kier molecular flexibility index (Phi) is 28.4. The minimum absolute atomic E-state index is 0.145. The van der Waals surface area contributed by atoms with Crippen LogP contribution in [-0.4, -0.2) is 64.9 Å². The predicted octanol–water partition coefficient (Wildman–Crippen LogP) is 7.38. The molecule has 0 aromatic carbocycles. The van der Waals surface area contributed by atoms with Crippen LogP contribution in [-0.2, 0) is 32.7 Å². The molecule has 264 valence electrons. The Morgan fingerprint density at radius 2 is 1.18 bits per heavy atom. The average molecular weight is 664 g/mol. The number of aliphatic carboxylic acids is 1. The van der Waals surface area contributed by atoms with Crippen molar-refractivity contribution in [2.24, 2.45) is 0 Å². The van der Waals surface area contributed by atoms with Crippen molar-refractivity contribution in [3.63, 3.8) is 0 Å². The number of carbonyl (C=O) groups excluding carboxylic acids is 2. The highest BCUT2D eigenvalue weighted by Gasteiger charge is 2.28. The van der Waals surface area contributed by atoms with E-state index in [4.69, 9.17) is 9.26 Å². The Bertz CT molecular complexity index is 838. The molecule has 0 rings (SSSR count). The minimum Gasteiger partial charge on any atom is -0.480 e. The van der Waals surface area contributed by atoms with Gasteiger partial charge >= 0.3 is 19.8 Å². The van der Waals surface area contributed by atoms with Gasteiger partial charge in [0.2, 0.25) is 5.91 Å². The Morgan fingerprint density at radius 1 is 0.689 bits per heavy atom. The number of amides is 1. The number of hydrogen-bond donors (Lipinski definition) is 4. The smallest absolute Gasteiger partial charge is 0.472 e. The maximum atomic E-state index is 12.2. The van der Waals surface area contributed by atoms with Crippen LogP contribution in [0.2, 0.25) is 0 Å². The highest BCUT2D eigenvalue weighted by Crippen LogP contribution is 2.43. The van der Waals surface area contributed by atoms with Gasteiger partial charge in [0.05, 0.1) is 13.2 Å². The van der Waals surface area contributed by atoms with Crippen LogP contribution < -0.4 is 5.32 Å². The molecule has 3 atom stereocenters. The van der Waals surface area contributed by atoms with E-state index in [9.17, 15) is 34.1 Å². The number of carbonyl (C=O) groups is 3. The Balaban J connectivity index is 3.87. The highest BCUT2D eigenvalue weighted by atomic mass is 31.2. The highest BCUT2D eigenvalue weighted by molar-refractivity contribution is 7.47. The van der Waals surface area contributed by atoms with Gasteiger partial charge in [0.15, 0.2) is 6.04 Å². The second-order valence-corrected chi connectivity index (χ2v) is 13.2. The SMILES string of the molecule is CCCCCCCC/C=C/CCCCCCCCCCCC(=O)NC(COP(=O)(O)OCC(O)COC(=O)CCCC)C(=O)O. The molecule has 11 nitrogen and oxygen atoms in total. The first kappa shape index (κ1) is 43.2. The number of esters is 1. The molecule has 0 bridgehead atoms. The first-order valence-corrected chi connectivity index (χ1v) is 18.7. The van der Waals surface area contributed by atoms with Gasteiger partial charge < -0.3 is 25.2 Å². The summed E-state index contributed by atoms with van der Waals surface area (Å²) in [6, 6.07) is -1.54. The van der Waals surface area contributed by atoms with Crippen LogP contribution in [0.5, 0.6) is 0 Å². The molecule has 45 heavy (non-hydrogen) atoms. The summed E-state index contributed by atoms with van der Waals surface area (Å²) in [6.07, 6.45) is 25.3. The minimum atomic E-state index is -4.72. The van der Waals surface area contributed by atoms with Gasteiger partial charge in [-0.05, 0) is 38.5 Å². The number of rotatable bonds is 32.